The third-order valence-electron chi connectivity index (χ3n) is 4.43. The molecule has 1 N–H and O–H groups in total. The summed E-state index contributed by atoms with van der Waals surface area (Å²) in [6, 6.07) is 17.4. The van der Waals surface area contributed by atoms with Crippen LogP contribution in [-0.4, -0.2) is 23.2 Å². The minimum absolute atomic E-state index is 0.0365. The first-order chi connectivity index (χ1) is 13.5. The summed E-state index contributed by atoms with van der Waals surface area (Å²) >= 11 is 0. The first-order valence-corrected chi connectivity index (χ1v) is 8.84. The molecule has 1 aromatic heterocycles. The van der Waals surface area contributed by atoms with Gasteiger partial charge in [-0.25, -0.2) is 0 Å². The molecule has 4 rings (SSSR count). The molecule has 0 aliphatic carbocycles. The van der Waals surface area contributed by atoms with Crippen molar-refractivity contribution in [2.75, 3.05) is 12.4 Å². The Morgan fingerprint density at radius 1 is 0.964 bits per heavy atom. The Kier molecular flexibility index (Phi) is 4.53. The monoisotopic (exact) mass is 373 g/mol. The third kappa shape index (κ3) is 3.44. The second-order valence-electron chi connectivity index (χ2n) is 6.64. The van der Waals surface area contributed by atoms with Crippen molar-refractivity contribution in [2.45, 2.75) is 13.8 Å². The van der Waals surface area contributed by atoms with Crippen molar-refractivity contribution < 1.29 is 13.9 Å². The van der Waals surface area contributed by atoms with Gasteiger partial charge < -0.3 is 9.15 Å². The fourth-order valence-corrected chi connectivity index (χ4v) is 3.22. The maximum atomic E-state index is 12.8. The van der Waals surface area contributed by atoms with E-state index in [9.17, 15) is 4.79 Å². The molecule has 0 saturated carbocycles. The minimum atomic E-state index is -0.377. The fourth-order valence-electron chi connectivity index (χ4n) is 3.22. The Bertz CT molecular complexity index is 1160. The van der Waals surface area contributed by atoms with E-state index in [2.05, 4.69) is 21.6 Å². The van der Waals surface area contributed by atoms with Crippen LogP contribution in [-0.2, 0) is 0 Å². The number of benzene rings is 3. The highest BCUT2D eigenvalue weighted by Gasteiger charge is 2.17. The number of rotatable bonds is 4. The Balaban J connectivity index is 1.62. The van der Waals surface area contributed by atoms with Gasteiger partial charge in [0.15, 0.2) is 0 Å². The summed E-state index contributed by atoms with van der Waals surface area (Å²) in [5.41, 5.74) is 3.40. The standard InChI is InChI=1S/C22H19N3O3/c1-13-8-14(2)10-17(9-13)21-24-25-22(28-21)23-20(26)18-11-15-6-4-5-7-16(15)12-19(18)27-3/h4-12H,1-3H3,(H,23,25,26). The molecular formula is C22H19N3O3. The molecule has 3 aromatic carbocycles. The van der Waals surface area contributed by atoms with Gasteiger partial charge in [-0.2, -0.15) is 0 Å². The highest BCUT2D eigenvalue weighted by atomic mass is 16.5. The Labute approximate surface area is 162 Å². The van der Waals surface area contributed by atoms with Gasteiger partial charge in [0.05, 0.1) is 12.7 Å². The lowest BCUT2D eigenvalue weighted by atomic mass is 10.1. The quantitative estimate of drug-likeness (QED) is 0.558. The van der Waals surface area contributed by atoms with Crippen molar-refractivity contribution in [1.82, 2.24) is 10.2 Å². The molecule has 0 atom stereocenters. The molecule has 0 aliphatic rings. The highest BCUT2D eigenvalue weighted by molar-refractivity contribution is 6.07. The van der Waals surface area contributed by atoms with Gasteiger partial charge in [0.2, 0.25) is 5.89 Å². The van der Waals surface area contributed by atoms with Gasteiger partial charge in [0, 0.05) is 5.56 Å². The molecule has 6 heteroatoms. The van der Waals surface area contributed by atoms with E-state index in [4.69, 9.17) is 9.15 Å². The number of carbonyl (C=O) groups is 1. The predicted octanol–water partition coefficient (Wildman–Crippen LogP) is 4.77. The molecule has 0 saturated heterocycles. The van der Waals surface area contributed by atoms with Gasteiger partial charge in [-0.05, 0) is 48.9 Å². The van der Waals surface area contributed by atoms with Gasteiger partial charge in [0.25, 0.3) is 5.91 Å². The lowest BCUT2D eigenvalue weighted by molar-refractivity contribution is 0.102. The number of amides is 1. The first kappa shape index (κ1) is 17.7. The maximum Gasteiger partial charge on any atom is 0.322 e. The molecule has 0 spiro atoms. The molecule has 6 nitrogen and oxygen atoms in total. The summed E-state index contributed by atoms with van der Waals surface area (Å²) in [7, 11) is 1.53. The number of carbonyl (C=O) groups excluding carboxylic acids is 1. The van der Waals surface area contributed by atoms with Crippen LogP contribution in [0.4, 0.5) is 6.01 Å². The number of ether oxygens (including phenoxy) is 1. The summed E-state index contributed by atoms with van der Waals surface area (Å²) in [5.74, 6) is 0.455. The minimum Gasteiger partial charge on any atom is -0.496 e. The van der Waals surface area contributed by atoms with E-state index < -0.39 is 0 Å². The number of aromatic nitrogens is 2. The van der Waals surface area contributed by atoms with E-state index >= 15 is 0 Å². The average molecular weight is 373 g/mol. The highest BCUT2D eigenvalue weighted by Crippen LogP contribution is 2.27. The number of aryl methyl sites for hydroxylation is 2. The molecule has 28 heavy (non-hydrogen) atoms. The van der Waals surface area contributed by atoms with Gasteiger partial charge >= 0.3 is 6.01 Å². The third-order valence-corrected chi connectivity index (χ3v) is 4.43. The summed E-state index contributed by atoms with van der Waals surface area (Å²) in [6.45, 7) is 4.00. The van der Waals surface area contributed by atoms with Crippen molar-refractivity contribution in [3.05, 3.63) is 71.3 Å². The predicted molar refractivity (Wildman–Crippen MR) is 108 cm³/mol. The molecule has 1 heterocycles. The fraction of sp³-hybridized carbons (Fsp3) is 0.136. The van der Waals surface area contributed by atoms with Crippen molar-refractivity contribution in [2.24, 2.45) is 0 Å². The van der Waals surface area contributed by atoms with Gasteiger partial charge in [0.1, 0.15) is 5.75 Å². The molecule has 1 amide bonds. The zero-order chi connectivity index (χ0) is 19.7. The Hall–Kier alpha value is -3.67. The number of nitrogens with one attached hydrogen (secondary N) is 1. The van der Waals surface area contributed by atoms with Crippen molar-refractivity contribution in [1.29, 1.82) is 0 Å². The second-order valence-corrected chi connectivity index (χ2v) is 6.64. The van der Waals surface area contributed by atoms with Crippen molar-refractivity contribution in [3.63, 3.8) is 0 Å². The van der Waals surface area contributed by atoms with Crippen LogP contribution in [0.2, 0.25) is 0 Å². The van der Waals surface area contributed by atoms with Gasteiger partial charge in [-0.3, -0.25) is 10.1 Å². The van der Waals surface area contributed by atoms with Crippen LogP contribution in [0.15, 0.2) is 59.0 Å². The molecule has 0 bridgehead atoms. The van der Waals surface area contributed by atoms with Crippen molar-refractivity contribution in [3.8, 4) is 17.2 Å². The van der Waals surface area contributed by atoms with Gasteiger partial charge in [-0.1, -0.05) is 46.6 Å². The SMILES string of the molecule is COc1cc2ccccc2cc1C(=O)Nc1nnc(-c2cc(C)cc(C)c2)o1. The van der Waals surface area contributed by atoms with Crippen LogP contribution < -0.4 is 10.1 Å². The van der Waals surface area contributed by atoms with E-state index in [1.54, 1.807) is 6.07 Å². The summed E-state index contributed by atoms with van der Waals surface area (Å²) in [4.78, 5) is 12.8. The Morgan fingerprint density at radius 3 is 2.32 bits per heavy atom. The molecule has 0 aliphatic heterocycles. The summed E-state index contributed by atoms with van der Waals surface area (Å²) in [5, 5.41) is 12.6. The molecule has 140 valence electrons. The zero-order valence-electron chi connectivity index (χ0n) is 15.8. The van der Waals surface area contributed by atoms with E-state index in [-0.39, 0.29) is 11.9 Å². The van der Waals surface area contributed by atoms with Crippen LogP contribution >= 0.6 is 0 Å². The second kappa shape index (κ2) is 7.15. The number of nitrogens with zero attached hydrogens (tertiary/aromatic N) is 2. The number of anilines is 1. The normalized spacial score (nSPS) is 10.8. The van der Waals surface area contributed by atoms with Crippen LogP contribution in [0, 0.1) is 13.8 Å². The van der Waals surface area contributed by atoms with E-state index in [0.29, 0.717) is 17.2 Å². The molecular weight excluding hydrogens is 354 g/mol. The van der Waals surface area contributed by atoms with Crippen LogP contribution in [0.3, 0.4) is 0 Å². The number of hydrogen-bond acceptors (Lipinski definition) is 5. The van der Waals surface area contributed by atoms with Crippen LogP contribution in [0.25, 0.3) is 22.2 Å². The molecule has 4 aromatic rings. The molecule has 0 fully saturated rings. The molecule has 0 unspecified atom stereocenters. The Morgan fingerprint density at radius 2 is 1.64 bits per heavy atom. The topological polar surface area (TPSA) is 77.2 Å². The van der Waals surface area contributed by atoms with Gasteiger partial charge in [-0.15, -0.1) is 5.10 Å². The zero-order valence-corrected chi connectivity index (χ0v) is 15.8. The van der Waals surface area contributed by atoms with E-state index in [1.165, 1.54) is 7.11 Å². The maximum absolute atomic E-state index is 12.8. The number of methoxy groups -OCH3 is 1. The lowest BCUT2D eigenvalue weighted by Gasteiger charge is -2.09. The van der Waals surface area contributed by atoms with E-state index in [1.807, 2.05) is 56.3 Å². The van der Waals surface area contributed by atoms with Crippen molar-refractivity contribution >= 4 is 22.7 Å². The smallest absolute Gasteiger partial charge is 0.322 e. The largest absolute Gasteiger partial charge is 0.496 e. The summed E-state index contributed by atoms with van der Waals surface area (Å²) in [6.07, 6.45) is 0. The number of fused-ring (bicyclic) bond motifs is 1. The summed E-state index contributed by atoms with van der Waals surface area (Å²) < 4.78 is 11.0. The first-order valence-electron chi connectivity index (χ1n) is 8.84. The lowest BCUT2D eigenvalue weighted by Crippen LogP contribution is -2.13. The number of hydrogen-bond donors (Lipinski definition) is 1. The van der Waals surface area contributed by atoms with E-state index in [0.717, 1.165) is 27.5 Å². The molecule has 0 radical (unpaired) electrons. The average Bonchev–Trinajstić information content (AvgIpc) is 3.14. The van der Waals surface area contributed by atoms with Crippen LogP contribution in [0.5, 0.6) is 5.75 Å². The van der Waals surface area contributed by atoms with Crippen LogP contribution in [0.1, 0.15) is 21.5 Å².